The second kappa shape index (κ2) is 5.51. The zero-order valence-electron chi connectivity index (χ0n) is 11.5. The Hall–Kier alpha value is -1.45. The van der Waals surface area contributed by atoms with Crippen molar-refractivity contribution in [1.29, 1.82) is 0 Å². The summed E-state index contributed by atoms with van der Waals surface area (Å²) in [5.74, 6) is 0.826. The lowest BCUT2D eigenvalue weighted by molar-refractivity contribution is 0.833. The molecule has 0 fully saturated rings. The number of thiophene rings is 1. The van der Waals surface area contributed by atoms with E-state index >= 15 is 0 Å². The number of rotatable bonds is 3. The number of nitrogens with zero attached hydrogens (tertiary/aromatic N) is 2. The lowest BCUT2D eigenvalue weighted by atomic mass is 10.1. The molecule has 0 bridgehead atoms. The van der Waals surface area contributed by atoms with Crippen molar-refractivity contribution in [2.24, 2.45) is 0 Å². The lowest BCUT2D eigenvalue weighted by Crippen LogP contribution is -2.00. The molecular formula is C16H15ClN2S. The van der Waals surface area contributed by atoms with Crippen molar-refractivity contribution in [2.75, 3.05) is 0 Å². The van der Waals surface area contributed by atoms with Gasteiger partial charge in [-0.2, -0.15) is 0 Å². The number of aryl methyl sites for hydroxylation is 1. The molecule has 0 saturated heterocycles. The third kappa shape index (κ3) is 2.32. The standard InChI is InChI=1S/C16H15ClN2S/c1-3-5-13-18-14(10(2)16(17)19-13)12-7-4-6-11-8-9-20-15(11)12/h4,6-9H,3,5H2,1-2H3. The second-order valence-electron chi connectivity index (χ2n) is 4.80. The molecule has 0 atom stereocenters. The van der Waals surface area contributed by atoms with Crippen LogP contribution in [0.25, 0.3) is 21.3 Å². The van der Waals surface area contributed by atoms with E-state index in [2.05, 4.69) is 41.6 Å². The first-order valence-corrected chi connectivity index (χ1v) is 7.96. The molecule has 4 heteroatoms. The first-order valence-electron chi connectivity index (χ1n) is 6.70. The quantitative estimate of drug-likeness (QED) is 0.616. The van der Waals surface area contributed by atoms with E-state index in [1.165, 1.54) is 10.1 Å². The molecule has 102 valence electrons. The first kappa shape index (κ1) is 13.5. The van der Waals surface area contributed by atoms with Crippen molar-refractivity contribution in [3.8, 4) is 11.3 Å². The zero-order valence-corrected chi connectivity index (χ0v) is 13.1. The van der Waals surface area contributed by atoms with Gasteiger partial charge in [0.15, 0.2) is 0 Å². The molecule has 0 unspecified atom stereocenters. The van der Waals surface area contributed by atoms with Crippen molar-refractivity contribution in [1.82, 2.24) is 9.97 Å². The van der Waals surface area contributed by atoms with Gasteiger partial charge >= 0.3 is 0 Å². The van der Waals surface area contributed by atoms with Gasteiger partial charge in [0, 0.05) is 22.2 Å². The normalized spacial score (nSPS) is 11.2. The summed E-state index contributed by atoms with van der Waals surface area (Å²) in [6, 6.07) is 8.44. The van der Waals surface area contributed by atoms with E-state index in [9.17, 15) is 0 Å². The molecule has 1 aromatic carbocycles. The molecule has 0 aliphatic rings. The number of aromatic nitrogens is 2. The summed E-state index contributed by atoms with van der Waals surface area (Å²) < 4.78 is 1.26. The van der Waals surface area contributed by atoms with Crippen LogP contribution in [-0.4, -0.2) is 9.97 Å². The average Bonchev–Trinajstić information content (AvgIpc) is 2.91. The van der Waals surface area contributed by atoms with Crippen molar-refractivity contribution in [2.45, 2.75) is 26.7 Å². The number of hydrogen-bond donors (Lipinski definition) is 0. The van der Waals surface area contributed by atoms with Crippen molar-refractivity contribution in [3.63, 3.8) is 0 Å². The highest BCUT2D eigenvalue weighted by molar-refractivity contribution is 7.17. The highest BCUT2D eigenvalue weighted by atomic mass is 35.5. The van der Waals surface area contributed by atoms with Crippen molar-refractivity contribution < 1.29 is 0 Å². The Bertz CT molecular complexity index is 764. The smallest absolute Gasteiger partial charge is 0.136 e. The molecule has 2 nitrogen and oxygen atoms in total. The predicted molar refractivity (Wildman–Crippen MR) is 86.6 cm³/mol. The molecule has 2 aromatic heterocycles. The van der Waals surface area contributed by atoms with Crippen LogP contribution in [0.4, 0.5) is 0 Å². The highest BCUT2D eigenvalue weighted by Crippen LogP contribution is 2.34. The molecule has 0 saturated carbocycles. The molecule has 20 heavy (non-hydrogen) atoms. The van der Waals surface area contributed by atoms with Gasteiger partial charge < -0.3 is 0 Å². The Labute approximate surface area is 127 Å². The Morgan fingerprint density at radius 3 is 2.85 bits per heavy atom. The number of hydrogen-bond acceptors (Lipinski definition) is 3. The summed E-state index contributed by atoms with van der Waals surface area (Å²) >= 11 is 8.02. The van der Waals surface area contributed by atoms with Gasteiger partial charge in [0.1, 0.15) is 11.0 Å². The summed E-state index contributed by atoms with van der Waals surface area (Å²) in [5, 5.41) is 3.92. The zero-order chi connectivity index (χ0) is 14.1. The summed E-state index contributed by atoms with van der Waals surface area (Å²) in [7, 11) is 0. The molecule has 0 amide bonds. The largest absolute Gasteiger partial charge is 0.232 e. The van der Waals surface area contributed by atoms with E-state index in [0.717, 1.165) is 35.5 Å². The van der Waals surface area contributed by atoms with Gasteiger partial charge in [-0.3, -0.25) is 0 Å². The fourth-order valence-electron chi connectivity index (χ4n) is 2.31. The molecule has 3 aromatic rings. The molecule has 0 radical (unpaired) electrons. The highest BCUT2D eigenvalue weighted by Gasteiger charge is 2.13. The van der Waals surface area contributed by atoms with Gasteiger partial charge in [0.25, 0.3) is 0 Å². The summed E-state index contributed by atoms with van der Waals surface area (Å²) in [6.45, 7) is 4.11. The van der Waals surface area contributed by atoms with Gasteiger partial charge in [-0.1, -0.05) is 36.7 Å². The third-order valence-corrected chi connectivity index (χ3v) is 4.67. The fourth-order valence-corrected chi connectivity index (χ4v) is 3.41. The Morgan fingerprint density at radius 1 is 1.20 bits per heavy atom. The van der Waals surface area contributed by atoms with Crippen molar-refractivity contribution >= 4 is 33.0 Å². The van der Waals surface area contributed by atoms with Crippen molar-refractivity contribution in [3.05, 3.63) is 46.2 Å². The molecule has 0 N–H and O–H groups in total. The van der Waals surface area contributed by atoms with Gasteiger partial charge in [-0.05, 0) is 30.2 Å². The van der Waals surface area contributed by atoms with Crippen LogP contribution in [0, 0.1) is 6.92 Å². The van der Waals surface area contributed by atoms with E-state index in [4.69, 9.17) is 16.6 Å². The van der Waals surface area contributed by atoms with E-state index < -0.39 is 0 Å². The van der Waals surface area contributed by atoms with Crippen LogP contribution in [0.3, 0.4) is 0 Å². The van der Waals surface area contributed by atoms with Gasteiger partial charge in [0.05, 0.1) is 5.69 Å². The fraction of sp³-hybridized carbons (Fsp3) is 0.250. The maximum Gasteiger partial charge on any atom is 0.136 e. The van der Waals surface area contributed by atoms with Gasteiger partial charge in [-0.25, -0.2) is 9.97 Å². The predicted octanol–water partition coefficient (Wildman–Crippen LogP) is 5.27. The molecule has 0 aliphatic carbocycles. The minimum absolute atomic E-state index is 0.562. The van der Waals surface area contributed by atoms with Gasteiger partial charge in [0.2, 0.25) is 0 Å². The number of benzene rings is 1. The lowest BCUT2D eigenvalue weighted by Gasteiger charge is -2.10. The third-order valence-electron chi connectivity index (χ3n) is 3.34. The van der Waals surface area contributed by atoms with E-state index in [-0.39, 0.29) is 0 Å². The van der Waals surface area contributed by atoms with Gasteiger partial charge in [-0.15, -0.1) is 11.3 Å². The maximum absolute atomic E-state index is 6.28. The average molecular weight is 303 g/mol. The van der Waals surface area contributed by atoms with Crippen LogP contribution >= 0.6 is 22.9 Å². The summed E-state index contributed by atoms with van der Waals surface area (Å²) in [6.07, 6.45) is 1.87. The van der Waals surface area contributed by atoms with Crippen LogP contribution in [-0.2, 0) is 6.42 Å². The van der Waals surface area contributed by atoms with Crippen LogP contribution in [0.15, 0.2) is 29.6 Å². The first-order chi connectivity index (χ1) is 9.70. The van der Waals surface area contributed by atoms with Crippen LogP contribution in [0.1, 0.15) is 24.7 Å². The SMILES string of the molecule is CCCc1nc(Cl)c(C)c(-c2cccc3ccsc23)n1. The Kier molecular flexibility index (Phi) is 3.72. The minimum Gasteiger partial charge on any atom is -0.232 e. The summed E-state index contributed by atoms with van der Waals surface area (Å²) in [4.78, 5) is 9.11. The Morgan fingerprint density at radius 2 is 2.05 bits per heavy atom. The molecule has 0 spiro atoms. The minimum atomic E-state index is 0.562. The monoisotopic (exact) mass is 302 g/mol. The Balaban J connectivity index is 2.25. The van der Waals surface area contributed by atoms with E-state index in [0.29, 0.717) is 5.15 Å². The van der Waals surface area contributed by atoms with Crippen LogP contribution in [0.5, 0.6) is 0 Å². The summed E-state index contributed by atoms with van der Waals surface area (Å²) in [5.41, 5.74) is 3.06. The molecule has 3 rings (SSSR count). The second-order valence-corrected chi connectivity index (χ2v) is 6.07. The maximum atomic E-state index is 6.28. The number of halogens is 1. The topological polar surface area (TPSA) is 25.8 Å². The van der Waals surface area contributed by atoms with E-state index in [1.807, 2.05) is 6.92 Å². The van der Waals surface area contributed by atoms with Crippen LogP contribution < -0.4 is 0 Å². The van der Waals surface area contributed by atoms with E-state index in [1.54, 1.807) is 11.3 Å². The molecule has 2 heterocycles. The number of fused-ring (bicyclic) bond motifs is 1. The molecular weight excluding hydrogens is 288 g/mol. The van der Waals surface area contributed by atoms with Crippen LogP contribution in [0.2, 0.25) is 5.15 Å². The molecule has 0 aliphatic heterocycles.